The third-order valence-electron chi connectivity index (χ3n) is 6.57. The number of benzene rings is 2. The van der Waals surface area contributed by atoms with Crippen molar-refractivity contribution < 1.29 is 14.7 Å². The molecule has 32 heavy (non-hydrogen) atoms. The van der Waals surface area contributed by atoms with Gasteiger partial charge in [0.25, 0.3) is 0 Å². The number of fused-ring (bicyclic) bond motifs is 1. The van der Waals surface area contributed by atoms with Gasteiger partial charge >= 0.3 is 0 Å². The normalized spacial score (nSPS) is 22.3. The van der Waals surface area contributed by atoms with Gasteiger partial charge in [0.15, 0.2) is 0 Å². The maximum atomic E-state index is 12.9. The number of aliphatic hydroxyl groups is 1. The van der Waals surface area contributed by atoms with Crippen molar-refractivity contribution in [3.05, 3.63) is 90.3 Å². The first-order valence-corrected chi connectivity index (χ1v) is 10.9. The molecule has 0 spiro atoms. The number of aromatic nitrogens is 1. The Bertz CT molecular complexity index is 1100. The number of rotatable bonds is 5. The van der Waals surface area contributed by atoms with E-state index in [2.05, 4.69) is 41.4 Å². The van der Waals surface area contributed by atoms with Crippen LogP contribution in [0.1, 0.15) is 17.2 Å². The van der Waals surface area contributed by atoms with E-state index >= 15 is 0 Å². The largest absolute Gasteiger partial charge is 0.394 e. The molecular weight excluding hydrogens is 402 g/mol. The summed E-state index contributed by atoms with van der Waals surface area (Å²) in [6.45, 7) is 0.437. The van der Waals surface area contributed by atoms with Gasteiger partial charge in [-0.2, -0.15) is 0 Å². The molecule has 0 aliphatic carbocycles. The predicted molar refractivity (Wildman–Crippen MR) is 121 cm³/mol. The standard InChI is InChI=1S/C26H25N3O3/c30-17-23-26(20-11-9-19(10-12-20)18-6-2-1-3-7-18)22-15-28(16-25(32)29(22)23)24(31)14-21-8-4-5-13-27-21/h1-13,22-23,26,30H,14-17H2/t22-,23-,26+/m0/s1. The van der Waals surface area contributed by atoms with Crippen LogP contribution in [-0.4, -0.2) is 63.5 Å². The van der Waals surface area contributed by atoms with E-state index in [1.165, 1.54) is 0 Å². The van der Waals surface area contributed by atoms with E-state index in [1.54, 1.807) is 16.0 Å². The second-order valence-corrected chi connectivity index (χ2v) is 8.40. The van der Waals surface area contributed by atoms with Crippen LogP contribution in [0.3, 0.4) is 0 Å². The quantitative estimate of drug-likeness (QED) is 0.679. The average molecular weight is 428 g/mol. The summed E-state index contributed by atoms with van der Waals surface area (Å²) in [5.74, 6) is -0.201. The lowest BCUT2D eigenvalue weighted by Crippen LogP contribution is -2.73. The van der Waals surface area contributed by atoms with Crippen molar-refractivity contribution in [1.29, 1.82) is 0 Å². The molecule has 6 nitrogen and oxygen atoms in total. The van der Waals surface area contributed by atoms with Crippen molar-refractivity contribution >= 4 is 11.8 Å². The Hall–Kier alpha value is -3.51. The molecule has 1 aromatic heterocycles. The molecule has 1 N–H and O–H groups in total. The summed E-state index contributed by atoms with van der Waals surface area (Å²) in [6.07, 6.45) is 1.85. The zero-order valence-corrected chi connectivity index (χ0v) is 17.7. The molecule has 162 valence electrons. The lowest BCUT2D eigenvalue weighted by Gasteiger charge is -2.58. The van der Waals surface area contributed by atoms with Crippen LogP contribution in [0.25, 0.3) is 11.1 Å². The van der Waals surface area contributed by atoms with Crippen LogP contribution in [0, 0.1) is 0 Å². The van der Waals surface area contributed by atoms with Crippen LogP contribution in [0.4, 0.5) is 0 Å². The van der Waals surface area contributed by atoms with Crippen LogP contribution in [0.5, 0.6) is 0 Å². The van der Waals surface area contributed by atoms with E-state index in [9.17, 15) is 14.7 Å². The Labute approximate surface area is 187 Å². The Morgan fingerprint density at radius 1 is 0.969 bits per heavy atom. The SMILES string of the molecule is O=C(Cc1ccccn1)N1CC(=O)N2[C@@H](CO)[C@H](c3ccc(-c4ccccc4)cc3)[C@@H]2C1. The van der Waals surface area contributed by atoms with Crippen molar-refractivity contribution in [2.45, 2.75) is 24.4 Å². The number of carbonyl (C=O) groups excluding carboxylic acids is 2. The summed E-state index contributed by atoms with van der Waals surface area (Å²) in [6, 6.07) is 23.6. The molecule has 3 atom stereocenters. The molecule has 3 aromatic rings. The van der Waals surface area contributed by atoms with Crippen molar-refractivity contribution in [2.75, 3.05) is 19.7 Å². The van der Waals surface area contributed by atoms with E-state index in [0.717, 1.165) is 16.7 Å². The van der Waals surface area contributed by atoms with Gasteiger partial charge in [-0.1, -0.05) is 60.7 Å². The highest BCUT2D eigenvalue weighted by Gasteiger charge is 2.54. The number of hydrogen-bond acceptors (Lipinski definition) is 4. The van der Waals surface area contributed by atoms with E-state index in [-0.39, 0.29) is 49.4 Å². The van der Waals surface area contributed by atoms with E-state index in [0.29, 0.717) is 12.2 Å². The monoisotopic (exact) mass is 427 g/mol. The first-order valence-electron chi connectivity index (χ1n) is 10.9. The summed E-state index contributed by atoms with van der Waals surface area (Å²) in [5, 5.41) is 9.99. The minimum Gasteiger partial charge on any atom is -0.394 e. The minimum absolute atomic E-state index is 0.000719. The molecule has 2 saturated heterocycles. The first kappa shape index (κ1) is 20.4. The van der Waals surface area contributed by atoms with Crippen molar-refractivity contribution in [2.24, 2.45) is 0 Å². The van der Waals surface area contributed by atoms with Gasteiger partial charge in [-0.05, 0) is 28.8 Å². The van der Waals surface area contributed by atoms with E-state index < -0.39 is 0 Å². The molecule has 2 aromatic carbocycles. The van der Waals surface area contributed by atoms with Crippen molar-refractivity contribution in [1.82, 2.24) is 14.8 Å². The molecule has 3 heterocycles. The van der Waals surface area contributed by atoms with Crippen LogP contribution < -0.4 is 0 Å². The summed E-state index contributed by atoms with van der Waals surface area (Å²) in [4.78, 5) is 33.3. The zero-order valence-electron chi connectivity index (χ0n) is 17.7. The number of nitrogens with zero attached hydrogens (tertiary/aromatic N) is 3. The number of hydrogen-bond donors (Lipinski definition) is 1. The fourth-order valence-corrected chi connectivity index (χ4v) is 4.99. The van der Waals surface area contributed by atoms with Crippen LogP contribution >= 0.6 is 0 Å². The van der Waals surface area contributed by atoms with Crippen LogP contribution in [0.15, 0.2) is 79.0 Å². The second-order valence-electron chi connectivity index (χ2n) is 8.40. The van der Waals surface area contributed by atoms with E-state index in [4.69, 9.17) is 0 Å². The Kier molecular flexibility index (Phi) is 5.45. The summed E-state index contributed by atoms with van der Waals surface area (Å²) in [7, 11) is 0. The molecule has 0 unspecified atom stereocenters. The Balaban J connectivity index is 1.34. The zero-order chi connectivity index (χ0) is 22.1. The molecule has 2 amide bonds. The second kappa shape index (κ2) is 8.55. The third-order valence-corrected chi connectivity index (χ3v) is 6.57. The van der Waals surface area contributed by atoms with Gasteiger partial charge in [0.05, 0.1) is 31.7 Å². The molecular formula is C26H25N3O3. The number of piperazine rings is 1. The average Bonchev–Trinajstić information content (AvgIpc) is 2.82. The number of amides is 2. The fraction of sp³-hybridized carbons (Fsp3) is 0.269. The summed E-state index contributed by atoms with van der Waals surface area (Å²) < 4.78 is 0. The lowest BCUT2D eigenvalue weighted by molar-refractivity contribution is -0.166. The van der Waals surface area contributed by atoms with Gasteiger partial charge < -0.3 is 14.9 Å². The Morgan fingerprint density at radius 3 is 2.38 bits per heavy atom. The molecule has 2 fully saturated rings. The number of carbonyl (C=O) groups is 2. The van der Waals surface area contributed by atoms with Gasteiger partial charge in [-0.25, -0.2) is 0 Å². The van der Waals surface area contributed by atoms with Crippen LogP contribution in [0.2, 0.25) is 0 Å². The maximum Gasteiger partial charge on any atom is 0.242 e. The highest BCUT2D eigenvalue weighted by atomic mass is 16.3. The molecule has 0 radical (unpaired) electrons. The fourth-order valence-electron chi connectivity index (χ4n) is 4.99. The molecule has 5 rings (SSSR count). The molecule has 0 bridgehead atoms. The maximum absolute atomic E-state index is 12.9. The Morgan fingerprint density at radius 2 is 1.69 bits per heavy atom. The van der Waals surface area contributed by atoms with Crippen molar-refractivity contribution in [3.63, 3.8) is 0 Å². The smallest absolute Gasteiger partial charge is 0.242 e. The van der Waals surface area contributed by atoms with E-state index in [1.807, 2.05) is 36.4 Å². The number of pyridine rings is 1. The molecule has 2 aliphatic rings. The molecule has 2 aliphatic heterocycles. The molecule has 0 saturated carbocycles. The summed E-state index contributed by atoms with van der Waals surface area (Å²) in [5.41, 5.74) is 4.05. The topological polar surface area (TPSA) is 73.7 Å². The van der Waals surface area contributed by atoms with Gasteiger partial charge in [0.1, 0.15) is 0 Å². The highest BCUT2D eigenvalue weighted by Crippen LogP contribution is 2.43. The van der Waals surface area contributed by atoms with Gasteiger partial charge in [-0.3, -0.25) is 14.6 Å². The molecule has 6 heteroatoms. The summed E-state index contributed by atoms with van der Waals surface area (Å²) >= 11 is 0. The predicted octanol–water partition coefficient (Wildman–Crippen LogP) is 2.49. The van der Waals surface area contributed by atoms with Crippen LogP contribution in [-0.2, 0) is 16.0 Å². The first-order chi connectivity index (χ1) is 15.7. The third kappa shape index (κ3) is 3.67. The highest BCUT2D eigenvalue weighted by molar-refractivity contribution is 5.88. The minimum atomic E-state index is -0.247. The number of aliphatic hydroxyl groups excluding tert-OH is 1. The van der Waals surface area contributed by atoms with Crippen molar-refractivity contribution in [3.8, 4) is 11.1 Å². The van der Waals surface area contributed by atoms with Gasteiger partial charge in [-0.15, -0.1) is 0 Å². The van der Waals surface area contributed by atoms with Gasteiger partial charge in [0.2, 0.25) is 11.8 Å². The lowest BCUT2D eigenvalue weighted by atomic mass is 9.73. The van der Waals surface area contributed by atoms with Gasteiger partial charge in [0, 0.05) is 24.4 Å².